The standard InChI is InChI=1S/C15H21FN2O3S/c1-11-7-12(3-4-14(11)16)8-17-15(19)9-18(2)13-5-6-22(20,21)10-13/h3-4,7,13H,5-6,8-10H2,1-2H3,(H,17,19). The Morgan fingerprint density at radius 2 is 2.18 bits per heavy atom. The van der Waals surface area contributed by atoms with E-state index in [1.165, 1.54) is 6.07 Å². The minimum Gasteiger partial charge on any atom is -0.351 e. The van der Waals surface area contributed by atoms with Crippen molar-refractivity contribution in [3.05, 3.63) is 35.1 Å². The molecule has 1 aliphatic heterocycles. The molecular formula is C15H21FN2O3S. The molecule has 0 saturated carbocycles. The average Bonchev–Trinajstić information content (AvgIpc) is 2.80. The molecule has 1 saturated heterocycles. The van der Waals surface area contributed by atoms with E-state index in [2.05, 4.69) is 5.32 Å². The number of carbonyl (C=O) groups is 1. The monoisotopic (exact) mass is 328 g/mol. The van der Waals surface area contributed by atoms with Gasteiger partial charge >= 0.3 is 0 Å². The zero-order valence-electron chi connectivity index (χ0n) is 12.8. The van der Waals surface area contributed by atoms with Gasteiger partial charge in [-0.15, -0.1) is 0 Å². The van der Waals surface area contributed by atoms with Gasteiger partial charge in [0, 0.05) is 12.6 Å². The topological polar surface area (TPSA) is 66.5 Å². The van der Waals surface area contributed by atoms with E-state index >= 15 is 0 Å². The third-order valence-corrected chi connectivity index (χ3v) is 5.69. The van der Waals surface area contributed by atoms with Crippen molar-refractivity contribution < 1.29 is 17.6 Å². The molecule has 2 rings (SSSR count). The molecule has 5 nitrogen and oxygen atoms in total. The maximum absolute atomic E-state index is 13.2. The van der Waals surface area contributed by atoms with Crippen molar-refractivity contribution in [3.8, 4) is 0 Å². The first-order valence-electron chi connectivity index (χ1n) is 7.19. The number of hydrogen-bond donors (Lipinski definition) is 1. The molecule has 1 aromatic carbocycles. The summed E-state index contributed by atoms with van der Waals surface area (Å²) in [6.45, 7) is 2.16. The van der Waals surface area contributed by atoms with Gasteiger partial charge in [-0.05, 0) is 37.6 Å². The van der Waals surface area contributed by atoms with Gasteiger partial charge in [0.25, 0.3) is 0 Å². The van der Waals surface area contributed by atoms with E-state index in [9.17, 15) is 17.6 Å². The van der Waals surface area contributed by atoms with Crippen molar-refractivity contribution in [1.29, 1.82) is 0 Å². The molecular weight excluding hydrogens is 307 g/mol. The summed E-state index contributed by atoms with van der Waals surface area (Å²) >= 11 is 0. The van der Waals surface area contributed by atoms with E-state index in [4.69, 9.17) is 0 Å². The lowest BCUT2D eigenvalue weighted by Gasteiger charge is -2.22. The highest BCUT2D eigenvalue weighted by Gasteiger charge is 2.31. The first-order valence-corrected chi connectivity index (χ1v) is 9.01. The Labute approximate surface area is 130 Å². The molecule has 122 valence electrons. The highest BCUT2D eigenvalue weighted by atomic mass is 32.2. The molecule has 0 radical (unpaired) electrons. The maximum Gasteiger partial charge on any atom is 0.234 e. The summed E-state index contributed by atoms with van der Waals surface area (Å²) in [6.07, 6.45) is 0.573. The predicted molar refractivity (Wildman–Crippen MR) is 82.7 cm³/mol. The first kappa shape index (κ1) is 16.9. The Kier molecular flexibility index (Phi) is 5.18. The summed E-state index contributed by atoms with van der Waals surface area (Å²) in [7, 11) is -1.19. The van der Waals surface area contributed by atoms with Crippen molar-refractivity contribution in [2.24, 2.45) is 0 Å². The van der Waals surface area contributed by atoms with Gasteiger partial charge in [0.15, 0.2) is 9.84 Å². The van der Waals surface area contributed by atoms with Crippen LogP contribution in [-0.2, 0) is 21.2 Å². The van der Waals surface area contributed by atoms with Gasteiger partial charge in [-0.2, -0.15) is 0 Å². The van der Waals surface area contributed by atoms with E-state index in [1.54, 1.807) is 31.0 Å². The van der Waals surface area contributed by atoms with Crippen LogP contribution in [-0.4, -0.2) is 50.4 Å². The van der Waals surface area contributed by atoms with Gasteiger partial charge in [0.05, 0.1) is 18.1 Å². The van der Waals surface area contributed by atoms with Gasteiger partial charge < -0.3 is 5.32 Å². The first-order chi connectivity index (χ1) is 10.3. The molecule has 1 aromatic rings. The number of likely N-dealkylation sites (N-methyl/N-ethyl adjacent to an activating group) is 1. The number of aryl methyl sites for hydroxylation is 1. The maximum atomic E-state index is 13.2. The fourth-order valence-corrected chi connectivity index (χ4v) is 4.36. The molecule has 1 aliphatic rings. The molecule has 22 heavy (non-hydrogen) atoms. The molecule has 0 spiro atoms. The minimum absolute atomic E-state index is 0.0937. The third-order valence-electron chi connectivity index (χ3n) is 3.94. The second kappa shape index (κ2) is 6.75. The fourth-order valence-electron chi connectivity index (χ4n) is 2.55. The summed E-state index contributed by atoms with van der Waals surface area (Å²) in [6, 6.07) is 4.62. The van der Waals surface area contributed by atoms with Gasteiger partial charge in [-0.3, -0.25) is 9.69 Å². The van der Waals surface area contributed by atoms with Gasteiger partial charge in [-0.1, -0.05) is 12.1 Å². The van der Waals surface area contributed by atoms with Crippen molar-refractivity contribution in [3.63, 3.8) is 0 Å². The summed E-state index contributed by atoms with van der Waals surface area (Å²) < 4.78 is 36.0. The van der Waals surface area contributed by atoms with Crippen LogP contribution in [0.5, 0.6) is 0 Å². The van der Waals surface area contributed by atoms with Crippen LogP contribution in [0.1, 0.15) is 17.5 Å². The normalized spacial score (nSPS) is 20.3. The fraction of sp³-hybridized carbons (Fsp3) is 0.533. The number of nitrogens with one attached hydrogen (secondary N) is 1. The Bertz CT molecular complexity index is 661. The summed E-state index contributed by atoms with van der Waals surface area (Å²) in [4.78, 5) is 13.7. The molecule has 0 bridgehead atoms. The molecule has 1 unspecified atom stereocenters. The number of hydrogen-bond acceptors (Lipinski definition) is 4. The van der Waals surface area contributed by atoms with Crippen LogP contribution in [0.25, 0.3) is 0 Å². The number of benzene rings is 1. The van der Waals surface area contributed by atoms with Gasteiger partial charge in [0.1, 0.15) is 5.82 Å². The van der Waals surface area contributed by atoms with Crippen LogP contribution in [0, 0.1) is 12.7 Å². The number of carbonyl (C=O) groups excluding carboxylic acids is 1. The van der Waals surface area contributed by atoms with E-state index < -0.39 is 9.84 Å². The van der Waals surface area contributed by atoms with Crippen LogP contribution in [0.15, 0.2) is 18.2 Å². The smallest absolute Gasteiger partial charge is 0.234 e. The lowest BCUT2D eigenvalue weighted by Crippen LogP contribution is -2.41. The SMILES string of the molecule is Cc1cc(CNC(=O)CN(C)C2CCS(=O)(=O)C2)ccc1F. The molecule has 0 aliphatic carbocycles. The summed E-state index contributed by atoms with van der Waals surface area (Å²) in [5, 5.41) is 2.77. The molecule has 1 atom stereocenters. The highest BCUT2D eigenvalue weighted by Crippen LogP contribution is 2.16. The zero-order chi connectivity index (χ0) is 16.3. The predicted octanol–water partition coefficient (Wildman–Crippen LogP) is 0.869. The van der Waals surface area contributed by atoms with Crippen molar-refractivity contribution in [1.82, 2.24) is 10.2 Å². The van der Waals surface area contributed by atoms with Crippen LogP contribution >= 0.6 is 0 Å². The number of rotatable bonds is 5. The van der Waals surface area contributed by atoms with Crippen LogP contribution < -0.4 is 5.32 Å². The quantitative estimate of drug-likeness (QED) is 0.871. The lowest BCUT2D eigenvalue weighted by molar-refractivity contribution is -0.122. The highest BCUT2D eigenvalue weighted by molar-refractivity contribution is 7.91. The van der Waals surface area contributed by atoms with Gasteiger partial charge in [-0.25, -0.2) is 12.8 Å². The van der Waals surface area contributed by atoms with Crippen molar-refractivity contribution in [2.45, 2.75) is 25.9 Å². The van der Waals surface area contributed by atoms with Crippen molar-refractivity contribution >= 4 is 15.7 Å². The molecule has 1 fully saturated rings. The number of amides is 1. The van der Waals surface area contributed by atoms with E-state index in [0.717, 1.165) is 5.56 Å². The summed E-state index contributed by atoms with van der Waals surface area (Å²) in [5.41, 5.74) is 1.37. The molecule has 1 amide bonds. The Morgan fingerprint density at radius 3 is 2.77 bits per heavy atom. The molecule has 1 N–H and O–H groups in total. The van der Waals surface area contributed by atoms with Crippen molar-refractivity contribution in [2.75, 3.05) is 25.1 Å². The second-order valence-electron chi connectivity index (χ2n) is 5.83. The van der Waals surface area contributed by atoms with Crippen LogP contribution in [0.2, 0.25) is 0 Å². The number of sulfone groups is 1. The zero-order valence-corrected chi connectivity index (χ0v) is 13.6. The second-order valence-corrected chi connectivity index (χ2v) is 8.06. The number of nitrogens with zero attached hydrogens (tertiary/aromatic N) is 1. The Balaban J connectivity index is 1.81. The average molecular weight is 328 g/mol. The Hall–Kier alpha value is -1.47. The van der Waals surface area contributed by atoms with Gasteiger partial charge in [0.2, 0.25) is 5.91 Å². The van der Waals surface area contributed by atoms with Crippen LogP contribution in [0.3, 0.4) is 0 Å². The summed E-state index contributed by atoms with van der Waals surface area (Å²) in [5.74, 6) is -0.127. The Morgan fingerprint density at radius 1 is 1.45 bits per heavy atom. The third kappa shape index (κ3) is 4.51. The number of halogens is 1. The minimum atomic E-state index is -2.95. The van der Waals surface area contributed by atoms with E-state index in [1.807, 2.05) is 0 Å². The molecule has 0 aromatic heterocycles. The largest absolute Gasteiger partial charge is 0.351 e. The van der Waals surface area contributed by atoms with E-state index in [0.29, 0.717) is 18.5 Å². The van der Waals surface area contributed by atoms with E-state index in [-0.39, 0.29) is 35.8 Å². The lowest BCUT2D eigenvalue weighted by atomic mass is 10.1. The molecule has 1 heterocycles. The van der Waals surface area contributed by atoms with Crippen LogP contribution in [0.4, 0.5) is 4.39 Å². The molecule has 7 heteroatoms.